The molecule has 12 rings (SSSR count). The Bertz CT molecular complexity index is 4890. The third-order valence-electron chi connectivity index (χ3n) is 23.9. The number of nitrogens with one attached hydrogen (secondary N) is 2. The number of carbonyl (C=O) groups is 7. The maximum atomic E-state index is 14.8. The highest BCUT2D eigenvalue weighted by Gasteiger charge is 2.53. The number of aliphatic hydroxyl groups is 3. The number of ketones is 3. The quantitative estimate of drug-likeness (QED) is 0.0164. The lowest BCUT2D eigenvalue weighted by Crippen LogP contribution is -2.61. The number of aliphatic hydroxyl groups excluding tert-OH is 2. The number of piperidine rings is 1. The first kappa shape index (κ1) is 89.5. The number of piperazine rings is 1. The van der Waals surface area contributed by atoms with Crippen LogP contribution in [0.25, 0.3) is 44.6 Å². The van der Waals surface area contributed by atoms with E-state index in [0.717, 1.165) is 16.0 Å². The Morgan fingerprint density at radius 2 is 1.52 bits per heavy atom. The summed E-state index contributed by atoms with van der Waals surface area (Å²) < 4.78 is 39.2. The molecule has 4 fully saturated rings. The molecule has 11 N–H and O–H groups in total. The van der Waals surface area contributed by atoms with Crippen molar-refractivity contribution >= 4 is 86.9 Å². The molecule has 1 saturated carbocycles. The lowest BCUT2D eigenvalue weighted by atomic mass is 9.79. The summed E-state index contributed by atoms with van der Waals surface area (Å²) in [7, 11) is 3.17. The Hall–Kier alpha value is -10.7. The first-order valence-electron chi connectivity index (χ1n) is 41.9. The van der Waals surface area contributed by atoms with E-state index in [1.54, 1.807) is 62.8 Å². The predicted molar refractivity (Wildman–Crippen MR) is 447 cm³/mol. The van der Waals surface area contributed by atoms with Gasteiger partial charge in [0.2, 0.25) is 23.6 Å². The van der Waals surface area contributed by atoms with E-state index in [-0.39, 0.29) is 111 Å². The van der Waals surface area contributed by atoms with Crippen LogP contribution >= 0.6 is 0 Å². The molecule has 0 spiro atoms. The monoisotopic (exact) mass is 1670 g/mol. The number of fused-ring (bicyclic) bond motifs is 5. The van der Waals surface area contributed by atoms with Crippen molar-refractivity contribution in [3.8, 4) is 22.5 Å². The minimum absolute atomic E-state index is 0.00624. The van der Waals surface area contributed by atoms with Gasteiger partial charge < -0.3 is 86.0 Å². The Labute approximate surface area is 701 Å². The highest BCUT2D eigenvalue weighted by atomic mass is 16.6. The van der Waals surface area contributed by atoms with Crippen molar-refractivity contribution in [1.29, 1.82) is 0 Å². The molecular weight excluding hydrogens is 1560 g/mol. The molecule has 6 aromatic heterocycles. The van der Waals surface area contributed by atoms with E-state index in [4.69, 9.17) is 60.4 Å². The van der Waals surface area contributed by atoms with Crippen molar-refractivity contribution in [3.05, 3.63) is 109 Å². The van der Waals surface area contributed by atoms with Crippen LogP contribution in [0, 0.1) is 29.6 Å². The Balaban J connectivity index is 0.598. The maximum absolute atomic E-state index is 14.8. The number of amides is 3. The second-order valence-corrected chi connectivity index (χ2v) is 32.6. The van der Waals surface area contributed by atoms with Crippen molar-refractivity contribution in [2.24, 2.45) is 35.3 Å². The third kappa shape index (κ3) is 22.1. The molecule has 36 nitrogen and oxygen atoms in total. The van der Waals surface area contributed by atoms with E-state index in [0.29, 0.717) is 160 Å². The molecule has 2 bridgehead atoms. The number of nitrogen functional groups attached to an aromatic ring is 2. The van der Waals surface area contributed by atoms with E-state index >= 15 is 0 Å². The molecule has 3 saturated heterocycles. The summed E-state index contributed by atoms with van der Waals surface area (Å²) in [6.45, 7) is 14.1. The van der Waals surface area contributed by atoms with E-state index in [1.807, 2.05) is 67.5 Å². The van der Waals surface area contributed by atoms with Crippen LogP contribution in [0.3, 0.4) is 0 Å². The number of nitrogens with two attached hydrogens (primary N) is 3. The Morgan fingerprint density at radius 1 is 0.777 bits per heavy atom. The fraction of sp³-hybridized carbons (Fsp3) is 0.565. The minimum Gasteiger partial charge on any atom is -0.459 e. The molecule has 0 radical (unpaired) electrons. The maximum Gasteiger partial charge on any atom is 0.329 e. The lowest BCUT2D eigenvalue weighted by molar-refractivity contribution is -0.265. The number of esters is 1. The number of anilines is 4. The van der Waals surface area contributed by atoms with Gasteiger partial charge in [0, 0.05) is 146 Å². The molecule has 4 aliphatic heterocycles. The van der Waals surface area contributed by atoms with Gasteiger partial charge in [-0.2, -0.15) is 10.1 Å². The highest BCUT2D eigenvalue weighted by Crippen LogP contribution is 2.40. The molecule has 121 heavy (non-hydrogen) atoms. The molecule has 3 amide bonds. The van der Waals surface area contributed by atoms with Gasteiger partial charge in [0.05, 0.1) is 54.7 Å². The number of nitrogens with zero attached hydrogens (tertiary/aromatic N) is 15. The zero-order chi connectivity index (χ0) is 86.2. The topological polar surface area (TPSA) is 490 Å². The second-order valence-electron chi connectivity index (χ2n) is 32.6. The molecule has 0 unspecified atom stereocenters. The smallest absolute Gasteiger partial charge is 0.329 e. The molecule has 10 heterocycles. The van der Waals surface area contributed by atoms with Gasteiger partial charge in [-0.3, -0.25) is 28.8 Å². The summed E-state index contributed by atoms with van der Waals surface area (Å²) in [4.78, 5) is 134. The van der Waals surface area contributed by atoms with Gasteiger partial charge in [-0.1, -0.05) is 69.4 Å². The number of hydrogen-bond acceptors (Lipinski definition) is 31. The van der Waals surface area contributed by atoms with E-state index < -0.39 is 95.4 Å². The number of unbranched alkanes of at least 4 members (excludes halogenated alkanes) is 1. The predicted octanol–water partition coefficient (Wildman–Crippen LogP) is 6.11. The average molecular weight is 1670 g/mol. The molecule has 15 atom stereocenters. The van der Waals surface area contributed by atoms with Crippen LogP contribution in [-0.4, -0.2) is 249 Å². The first-order valence-corrected chi connectivity index (χ1v) is 41.9. The number of carbonyl (C=O) groups excluding carboxylic acids is 7. The van der Waals surface area contributed by atoms with Crippen molar-refractivity contribution in [3.63, 3.8) is 0 Å². The van der Waals surface area contributed by atoms with Crippen LogP contribution in [-0.2, 0) is 59.0 Å². The number of ether oxygens (including phenoxy) is 5. The highest BCUT2D eigenvalue weighted by molar-refractivity contribution is 6.39. The molecule has 7 aromatic rings. The Morgan fingerprint density at radius 3 is 2.26 bits per heavy atom. The van der Waals surface area contributed by atoms with Gasteiger partial charge in [-0.15, -0.1) is 5.10 Å². The summed E-state index contributed by atoms with van der Waals surface area (Å²) in [6, 6.07) is 3.06. The summed E-state index contributed by atoms with van der Waals surface area (Å²) in [6.07, 6.45) is 20.0. The first-order chi connectivity index (χ1) is 58.2. The summed E-state index contributed by atoms with van der Waals surface area (Å²) in [5, 5.41) is 55.0. The van der Waals surface area contributed by atoms with Crippen LogP contribution in [0.15, 0.2) is 108 Å². The number of oxazole rings is 1. The molecular formula is C85H114N20O16. The largest absolute Gasteiger partial charge is 0.459 e. The number of allylic oxidation sites excluding steroid dienone is 6. The van der Waals surface area contributed by atoms with E-state index in [2.05, 4.69) is 50.8 Å². The fourth-order valence-corrected chi connectivity index (χ4v) is 16.7. The van der Waals surface area contributed by atoms with Gasteiger partial charge in [0.1, 0.15) is 59.2 Å². The molecule has 650 valence electrons. The zero-order valence-corrected chi connectivity index (χ0v) is 70.0. The average Bonchev–Trinajstić information content (AvgIpc) is 1.55. The number of benzene rings is 1. The van der Waals surface area contributed by atoms with Crippen LogP contribution in [0.2, 0.25) is 0 Å². The van der Waals surface area contributed by atoms with Crippen LogP contribution in [0.4, 0.5) is 23.7 Å². The van der Waals surface area contributed by atoms with Crippen LogP contribution in [0.5, 0.6) is 0 Å². The minimum atomic E-state index is -2.51. The van der Waals surface area contributed by atoms with Gasteiger partial charge >= 0.3 is 5.97 Å². The second kappa shape index (κ2) is 41.2. The normalized spacial score (nSPS) is 27.9. The van der Waals surface area contributed by atoms with Crippen molar-refractivity contribution in [1.82, 2.24) is 75.2 Å². The zero-order valence-electron chi connectivity index (χ0n) is 70.0. The molecule has 5 aliphatic rings. The SMILES string of the molecule is CO[C@H]1C[C@@H]2CC[C@@H](C)[C@@](O)(O2)C(=O)C(=O)N2CCCC[C@H]2C(=O)O[C@H]([C@H](N)C[C@@H]2CC[C@H](n3cc(-c4cnc(N5CCN(c6ncc(C(=O)NCCOCCC(=O)NCCCCn7nc(-c8ccc9oc(N)nc9c8)c8c(N)ncnc87)cn6)CC5)nc4)nn3)[C@H](OC)C2)CC(=O)[C@H](C)/C=C(\C)[C@@H](O)[C@@H](O)C(=O)[C@H](C)C[C@H](C)/C=C/C=C/C=C/1C. The van der Waals surface area contributed by atoms with Crippen molar-refractivity contribution < 1.29 is 77.0 Å². The standard InChI is InChI=1S/C85H114N20O16/c1-49-16-10-9-11-17-50(2)67(116-7)41-59-22-19-54(6)85(115,121-59)76(111)80(113)103-28-14-12-18-64(103)81(114)119-68(42-65(106)51(3)37-53(5)74(109)75(110)73(108)52(4)36-49)60(86)38-55-20-23-63(69(39-55)117-8)105-47-62(98-100-105)57-43-91-83(92-44-57)101-30-32-102(33-31-101)84-93-45-58(46-94-84)79(112)90-27-35-118-34-25-70(107)89-26-13-15-29-104-78-71(77(87)95-48-96-78)72(99-104)56-21-24-66-61(40-56)97-82(88)120-66/h9-11,16-17,21,24,37,40,43-49,51-52,54-55,59-60,63-64,67-69,74-75,109-110,115H,12-15,18-20,22-23,25-36,38-39,41-42,86H2,1-8H3,(H2,88,97)(H,89,107)(H,90,112)(H2,87,95,96)/b11-9+,16-10+,50-17+,53-37+/t49-,51-,52-,54-,55+,59+,60-,63+,64+,67+,68+,69-,74-,75+,85-/m1/s1. The number of methoxy groups -OCH3 is 2. The molecule has 36 heteroatoms. The van der Waals surface area contributed by atoms with Crippen LogP contribution in [0.1, 0.15) is 154 Å². The number of cyclic esters (lactones) is 1. The number of aromatic nitrogens is 12. The lowest BCUT2D eigenvalue weighted by Gasteiger charge is -2.42. The number of Topliss-reactive ketones (excluding diaryl/α,β-unsaturated/α-hetero) is 3. The number of aryl methyl sites for hydroxylation is 1. The Kier molecular flexibility index (Phi) is 30.5. The van der Waals surface area contributed by atoms with Gasteiger partial charge in [-0.25, -0.2) is 44.1 Å². The third-order valence-corrected chi connectivity index (χ3v) is 23.9. The summed E-state index contributed by atoms with van der Waals surface area (Å²) in [5.41, 5.74) is 24.8. The summed E-state index contributed by atoms with van der Waals surface area (Å²) in [5.74, 6) is -8.37. The van der Waals surface area contributed by atoms with Crippen LogP contribution < -0.4 is 37.6 Å². The van der Waals surface area contributed by atoms with Crippen molar-refractivity contribution in [2.45, 2.75) is 205 Å². The van der Waals surface area contributed by atoms with Gasteiger partial charge in [0.25, 0.3) is 23.6 Å². The fourth-order valence-electron chi connectivity index (χ4n) is 16.7. The van der Waals surface area contributed by atoms with Gasteiger partial charge in [0.15, 0.2) is 17.0 Å². The van der Waals surface area contributed by atoms with E-state index in [9.17, 15) is 48.9 Å². The van der Waals surface area contributed by atoms with E-state index in [1.165, 1.54) is 31.7 Å². The molecule has 1 aliphatic carbocycles. The number of rotatable bonds is 22. The molecule has 1 aromatic carbocycles. The summed E-state index contributed by atoms with van der Waals surface area (Å²) >= 11 is 0. The number of hydrogen-bond donors (Lipinski definition) is 8. The van der Waals surface area contributed by atoms with Gasteiger partial charge in [-0.05, 0) is 132 Å². The van der Waals surface area contributed by atoms with Crippen molar-refractivity contribution in [2.75, 3.05) is 94.5 Å².